The molecule has 0 aliphatic heterocycles. The molecule has 1 aliphatic carbocycles. The Balaban J connectivity index is 1.91. The van der Waals surface area contributed by atoms with Gasteiger partial charge in [-0.3, -0.25) is 0 Å². The average Bonchev–Trinajstić information content (AvgIpc) is 2.14. The Morgan fingerprint density at radius 1 is 1.25 bits per heavy atom. The van der Waals surface area contributed by atoms with Crippen LogP contribution in [0.3, 0.4) is 0 Å². The van der Waals surface area contributed by atoms with Gasteiger partial charge in [0.05, 0.1) is 0 Å². The van der Waals surface area contributed by atoms with Gasteiger partial charge >= 0.3 is 0 Å². The van der Waals surface area contributed by atoms with E-state index in [0.717, 1.165) is 12.5 Å². The van der Waals surface area contributed by atoms with Crippen molar-refractivity contribution in [1.29, 1.82) is 0 Å². The molecule has 1 saturated carbocycles. The standard InChI is InChI=1S/C10H22OSi/c1-2-12-11-9-8-10-6-4-3-5-7-10/h10H,2-9,12H2,1H3. The van der Waals surface area contributed by atoms with Crippen LogP contribution in [0, 0.1) is 5.92 Å². The molecule has 0 bridgehead atoms. The van der Waals surface area contributed by atoms with E-state index in [1.165, 1.54) is 44.6 Å². The van der Waals surface area contributed by atoms with Crippen LogP contribution in [0.15, 0.2) is 0 Å². The summed E-state index contributed by atoms with van der Waals surface area (Å²) in [7, 11) is -0.125. The molecule has 1 aliphatic rings. The summed E-state index contributed by atoms with van der Waals surface area (Å²) in [5.74, 6) is 1.00. The third-order valence-electron chi connectivity index (χ3n) is 2.74. The van der Waals surface area contributed by atoms with Crippen LogP contribution in [-0.2, 0) is 4.43 Å². The highest BCUT2D eigenvalue weighted by Gasteiger charge is 2.12. The van der Waals surface area contributed by atoms with E-state index >= 15 is 0 Å². The fourth-order valence-electron chi connectivity index (χ4n) is 1.97. The van der Waals surface area contributed by atoms with E-state index in [1.807, 2.05) is 0 Å². The summed E-state index contributed by atoms with van der Waals surface area (Å²) in [5, 5.41) is 0. The third kappa shape index (κ3) is 4.26. The Morgan fingerprint density at radius 3 is 2.67 bits per heavy atom. The molecule has 2 heteroatoms. The van der Waals surface area contributed by atoms with E-state index in [2.05, 4.69) is 6.92 Å². The highest BCUT2D eigenvalue weighted by molar-refractivity contribution is 6.26. The lowest BCUT2D eigenvalue weighted by Gasteiger charge is -2.21. The van der Waals surface area contributed by atoms with Crippen LogP contribution in [0.1, 0.15) is 45.4 Å². The molecule has 0 aromatic carbocycles. The predicted octanol–water partition coefficient (Wildman–Crippen LogP) is 2.50. The Kier molecular flexibility index (Phi) is 5.70. The van der Waals surface area contributed by atoms with Crippen LogP contribution in [0.4, 0.5) is 0 Å². The monoisotopic (exact) mass is 186 g/mol. The van der Waals surface area contributed by atoms with E-state index in [1.54, 1.807) is 0 Å². The largest absolute Gasteiger partial charge is 0.424 e. The van der Waals surface area contributed by atoms with Crippen LogP contribution in [0.5, 0.6) is 0 Å². The first-order valence-electron chi connectivity index (χ1n) is 5.51. The smallest absolute Gasteiger partial charge is 0.161 e. The van der Waals surface area contributed by atoms with Gasteiger partial charge < -0.3 is 4.43 Å². The SMILES string of the molecule is CC[SiH2]OCCC1CCCCC1. The summed E-state index contributed by atoms with van der Waals surface area (Å²) < 4.78 is 5.62. The van der Waals surface area contributed by atoms with E-state index in [9.17, 15) is 0 Å². The Hall–Kier alpha value is 0.177. The minimum Gasteiger partial charge on any atom is -0.424 e. The Labute approximate surface area is 78.8 Å². The second-order valence-electron chi connectivity index (χ2n) is 3.91. The second-order valence-corrected chi connectivity index (χ2v) is 5.72. The lowest BCUT2D eigenvalue weighted by atomic mass is 9.87. The molecule has 0 saturated heterocycles. The molecular weight excluding hydrogens is 164 g/mol. The van der Waals surface area contributed by atoms with Crippen molar-refractivity contribution in [2.45, 2.75) is 51.5 Å². The molecule has 12 heavy (non-hydrogen) atoms. The van der Waals surface area contributed by atoms with Gasteiger partial charge in [0.2, 0.25) is 0 Å². The zero-order valence-electron chi connectivity index (χ0n) is 8.35. The maximum absolute atomic E-state index is 5.62. The van der Waals surface area contributed by atoms with Gasteiger partial charge in [-0.2, -0.15) is 0 Å². The van der Waals surface area contributed by atoms with Gasteiger partial charge in [-0.1, -0.05) is 39.0 Å². The summed E-state index contributed by atoms with van der Waals surface area (Å²) in [5.41, 5.74) is 0. The predicted molar refractivity (Wildman–Crippen MR) is 56.2 cm³/mol. The lowest BCUT2D eigenvalue weighted by Crippen LogP contribution is -2.10. The second kappa shape index (κ2) is 6.67. The van der Waals surface area contributed by atoms with E-state index in [-0.39, 0.29) is 9.76 Å². The molecule has 0 radical (unpaired) electrons. The number of hydrogen-bond acceptors (Lipinski definition) is 1. The van der Waals surface area contributed by atoms with Gasteiger partial charge in [-0.25, -0.2) is 0 Å². The molecule has 0 spiro atoms. The van der Waals surface area contributed by atoms with E-state index in [0.29, 0.717) is 0 Å². The van der Waals surface area contributed by atoms with Gasteiger partial charge in [0.1, 0.15) is 0 Å². The van der Waals surface area contributed by atoms with Crippen LogP contribution in [-0.4, -0.2) is 16.4 Å². The first-order valence-corrected chi connectivity index (χ1v) is 7.09. The fraction of sp³-hybridized carbons (Fsp3) is 1.00. The zero-order chi connectivity index (χ0) is 8.65. The molecule has 72 valence electrons. The van der Waals surface area contributed by atoms with Gasteiger partial charge in [-0.05, 0) is 18.4 Å². The maximum atomic E-state index is 5.62. The molecule has 1 nitrogen and oxygen atoms in total. The van der Waals surface area contributed by atoms with Crippen LogP contribution >= 0.6 is 0 Å². The van der Waals surface area contributed by atoms with Crippen LogP contribution in [0.25, 0.3) is 0 Å². The molecule has 0 aromatic rings. The summed E-state index contributed by atoms with van der Waals surface area (Å²) in [6, 6.07) is 1.30. The van der Waals surface area contributed by atoms with Crippen molar-refractivity contribution in [3.8, 4) is 0 Å². The van der Waals surface area contributed by atoms with Gasteiger partial charge in [0.25, 0.3) is 0 Å². The van der Waals surface area contributed by atoms with Gasteiger partial charge in [0.15, 0.2) is 9.76 Å². The molecule has 0 aromatic heterocycles. The molecular formula is C10H22OSi. The average molecular weight is 186 g/mol. The van der Waals surface area contributed by atoms with Crippen molar-refractivity contribution < 1.29 is 4.43 Å². The molecule has 0 amide bonds. The molecule has 0 heterocycles. The van der Waals surface area contributed by atoms with Crippen molar-refractivity contribution in [3.63, 3.8) is 0 Å². The molecule has 0 unspecified atom stereocenters. The van der Waals surface area contributed by atoms with Crippen molar-refractivity contribution in [2.75, 3.05) is 6.61 Å². The summed E-state index contributed by atoms with van der Waals surface area (Å²) in [4.78, 5) is 0. The van der Waals surface area contributed by atoms with Crippen molar-refractivity contribution in [3.05, 3.63) is 0 Å². The topological polar surface area (TPSA) is 9.23 Å². The quantitative estimate of drug-likeness (QED) is 0.473. The summed E-state index contributed by atoms with van der Waals surface area (Å²) in [6.07, 6.45) is 8.69. The molecule has 1 fully saturated rings. The first-order chi connectivity index (χ1) is 5.93. The van der Waals surface area contributed by atoms with E-state index in [4.69, 9.17) is 4.43 Å². The normalized spacial score (nSPS) is 20.8. The Bertz CT molecular complexity index is 100. The van der Waals surface area contributed by atoms with Crippen molar-refractivity contribution in [1.82, 2.24) is 0 Å². The minimum atomic E-state index is -0.125. The number of rotatable bonds is 5. The molecule has 0 N–H and O–H groups in total. The maximum Gasteiger partial charge on any atom is 0.161 e. The van der Waals surface area contributed by atoms with E-state index < -0.39 is 0 Å². The minimum absolute atomic E-state index is 0.125. The summed E-state index contributed by atoms with van der Waals surface area (Å²) >= 11 is 0. The van der Waals surface area contributed by atoms with Gasteiger partial charge in [0, 0.05) is 6.61 Å². The lowest BCUT2D eigenvalue weighted by molar-refractivity contribution is 0.254. The fourth-order valence-corrected chi connectivity index (χ4v) is 2.63. The zero-order valence-corrected chi connectivity index (χ0v) is 9.76. The van der Waals surface area contributed by atoms with Crippen LogP contribution in [0.2, 0.25) is 6.04 Å². The molecule has 1 rings (SSSR count). The summed E-state index contributed by atoms with van der Waals surface area (Å²) in [6.45, 7) is 3.29. The highest BCUT2D eigenvalue weighted by Crippen LogP contribution is 2.25. The van der Waals surface area contributed by atoms with Crippen LogP contribution < -0.4 is 0 Å². The molecule has 0 atom stereocenters. The number of hydrogen-bond donors (Lipinski definition) is 0. The first kappa shape index (κ1) is 10.3. The highest BCUT2D eigenvalue weighted by atomic mass is 28.2. The van der Waals surface area contributed by atoms with Crippen molar-refractivity contribution in [2.24, 2.45) is 5.92 Å². The Morgan fingerprint density at radius 2 is 2.00 bits per heavy atom. The van der Waals surface area contributed by atoms with Gasteiger partial charge in [-0.15, -0.1) is 0 Å². The third-order valence-corrected chi connectivity index (χ3v) is 3.73. The van der Waals surface area contributed by atoms with Crippen molar-refractivity contribution >= 4 is 9.76 Å².